The molecule has 1 aromatic heterocycles. The number of hydrogen-bond acceptors (Lipinski definition) is 3. The summed E-state index contributed by atoms with van der Waals surface area (Å²) < 4.78 is 2.58. The summed E-state index contributed by atoms with van der Waals surface area (Å²) in [5, 5.41) is 7.50. The van der Waals surface area contributed by atoms with Gasteiger partial charge in [0.15, 0.2) is 0 Å². The highest BCUT2D eigenvalue weighted by Crippen LogP contribution is 2.55. The average molecular weight is 1290 g/mol. The van der Waals surface area contributed by atoms with Crippen molar-refractivity contribution in [1.29, 1.82) is 0 Å². The van der Waals surface area contributed by atoms with Gasteiger partial charge in [-0.1, -0.05) is 330 Å². The van der Waals surface area contributed by atoms with Crippen LogP contribution in [0, 0.1) is 0 Å². The Hall–Kier alpha value is -12.1. The first kappa shape index (κ1) is 59.2. The monoisotopic (exact) mass is 1290 g/mol. The summed E-state index contributed by atoms with van der Waals surface area (Å²) in [5.41, 5.74) is 30.4. The largest absolute Gasteiger partial charge is 0.310 e. The number of anilines is 6. The number of fused-ring (bicyclic) bond motifs is 9. The summed E-state index contributed by atoms with van der Waals surface area (Å²) in [6.07, 6.45) is 0. The van der Waals surface area contributed by atoms with E-state index in [4.69, 9.17) is 0 Å². The molecule has 0 amide bonds. The molecule has 100 heavy (non-hydrogen) atoms. The second-order valence-electron chi connectivity index (χ2n) is 27.8. The number of nitrogens with zero attached hydrogens (tertiary/aromatic N) is 2. The van der Waals surface area contributed by atoms with Crippen molar-refractivity contribution >= 4 is 110 Å². The normalized spacial score (nSPS) is 12.5. The van der Waals surface area contributed by atoms with Crippen LogP contribution < -0.4 is 26.2 Å². The third-order valence-corrected chi connectivity index (χ3v) is 22.1. The smallest absolute Gasteiger partial charge is 0.252 e. The van der Waals surface area contributed by atoms with E-state index in [-0.39, 0.29) is 12.1 Å². The minimum absolute atomic E-state index is 0.202. The zero-order valence-electron chi connectivity index (χ0n) is 55.9. The number of hydrogen-bond donors (Lipinski definition) is 0. The Kier molecular flexibility index (Phi) is 14.1. The van der Waals surface area contributed by atoms with Crippen LogP contribution in [0.4, 0.5) is 34.1 Å². The number of thiophene rings is 1. The number of benzene rings is 16. The molecule has 0 N–H and O–H groups in total. The van der Waals surface area contributed by atoms with Crippen molar-refractivity contribution in [3.8, 4) is 89.0 Å². The van der Waals surface area contributed by atoms with Crippen LogP contribution in [0.2, 0.25) is 0 Å². The van der Waals surface area contributed by atoms with Crippen LogP contribution in [0.15, 0.2) is 352 Å². The average Bonchev–Trinajstić information content (AvgIpc) is 0.763. The Bertz CT molecular complexity index is 5940. The second kappa shape index (κ2) is 23.9. The highest BCUT2D eigenvalue weighted by molar-refractivity contribution is 7.26. The van der Waals surface area contributed by atoms with Gasteiger partial charge in [-0.3, -0.25) is 0 Å². The molecule has 3 heterocycles. The van der Waals surface area contributed by atoms with Crippen molar-refractivity contribution in [2.45, 2.75) is 26.2 Å². The predicted octanol–water partition coefficient (Wildman–Crippen LogP) is 25.1. The van der Waals surface area contributed by atoms with Gasteiger partial charge in [-0.15, -0.1) is 11.3 Å². The standard InChI is InChI=1S/C96H67BN2S/c1-96(2,3)71-60-86-93-87(61-71)99(95-75(64-33-14-6-15-34-64)47-27-48-76(95)65-35-16-7-17-36-65)85-59-70(72-44-28-50-89-92(72)80-43-24-25-49-88(80)100-89)53-56-83(85)97(93)82-55-52-69(58-84(82)98(86)94-73(62-29-10-4-11-30-62)45-26-46-74(94)63-31-12-5-13-32-63)68-51-54-79-81(57-68)91(67-39-20-9-21-40-67)78-42-23-22-41-77(78)90(79)66-37-18-8-19-38-66/h4-61H,1-3H3. The lowest BCUT2D eigenvalue weighted by Gasteiger charge is -2.46. The van der Waals surface area contributed by atoms with Crippen LogP contribution >= 0.6 is 11.3 Å². The van der Waals surface area contributed by atoms with Crippen molar-refractivity contribution in [2.75, 3.05) is 9.80 Å². The molecule has 2 aliphatic heterocycles. The highest BCUT2D eigenvalue weighted by Gasteiger charge is 2.46. The van der Waals surface area contributed by atoms with Gasteiger partial charge >= 0.3 is 0 Å². The van der Waals surface area contributed by atoms with E-state index in [2.05, 4.69) is 382 Å². The maximum atomic E-state index is 2.70. The molecule has 2 nitrogen and oxygen atoms in total. The lowest BCUT2D eigenvalue weighted by Crippen LogP contribution is -2.61. The molecular formula is C96H67BN2S. The molecule has 17 aromatic rings. The van der Waals surface area contributed by atoms with Crippen LogP contribution in [0.25, 0.3) is 131 Å². The topological polar surface area (TPSA) is 6.48 Å². The van der Waals surface area contributed by atoms with E-state index in [1.54, 1.807) is 0 Å². The van der Waals surface area contributed by atoms with Crippen molar-refractivity contribution in [1.82, 2.24) is 0 Å². The van der Waals surface area contributed by atoms with Gasteiger partial charge in [0.05, 0.1) is 11.4 Å². The summed E-state index contributed by atoms with van der Waals surface area (Å²) in [4.78, 5) is 5.40. The summed E-state index contributed by atoms with van der Waals surface area (Å²) in [7, 11) is 0. The van der Waals surface area contributed by atoms with Crippen molar-refractivity contribution in [3.63, 3.8) is 0 Å². The quantitative estimate of drug-likeness (QED) is 0.0995. The third-order valence-electron chi connectivity index (χ3n) is 21.0. The molecule has 0 saturated carbocycles. The van der Waals surface area contributed by atoms with E-state index in [1.807, 2.05) is 11.3 Å². The number of para-hydroxylation sites is 2. The van der Waals surface area contributed by atoms with Crippen LogP contribution in [0.5, 0.6) is 0 Å². The van der Waals surface area contributed by atoms with E-state index in [1.165, 1.54) is 103 Å². The van der Waals surface area contributed by atoms with Gasteiger partial charge in [-0.05, 0) is 158 Å². The Morgan fingerprint density at radius 3 is 1.10 bits per heavy atom. The lowest BCUT2D eigenvalue weighted by atomic mass is 9.33. The van der Waals surface area contributed by atoms with Gasteiger partial charge in [-0.2, -0.15) is 0 Å². The van der Waals surface area contributed by atoms with E-state index in [9.17, 15) is 0 Å². The fourth-order valence-corrected chi connectivity index (χ4v) is 17.6. The van der Waals surface area contributed by atoms with Crippen LogP contribution in [-0.4, -0.2) is 6.71 Å². The molecule has 0 radical (unpaired) electrons. The van der Waals surface area contributed by atoms with Crippen molar-refractivity contribution in [3.05, 3.63) is 357 Å². The maximum absolute atomic E-state index is 2.70. The Morgan fingerprint density at radius 1 is 0.260 bits per heavy atom. The Balaban J connectivity index is 0.951. The molecule has 19 rings (SSSR count). The van der Waals surface area contributed by atoms with Gasteiger partial charge in [0, 0.05) is 65.2 Å². The SMILES string of the molecule is CC(C)(C)c1cc2c3c(c1)N(c1c(-c4ccccc4)cccc1-c1ccccc1)c1cc(-c4cccc5sc6ccccc6c45)ccc1B3c1ccc(-c3ccc4c(-c5ccccc5)c5ccccc5c(-c5ccccc5)c4c3)cc1N2c1c(-c2ccccc2)cccc1-c1ccccc1. The van der Waals surface area contributed by atoms with Crippen LogP contribution in [0.1, 0.15) is 26.3 Å². The summed E-state index contributed by atoms with van der Waals surface area (Å²) in [6, 6.07) is 132. The molecule has 16 aromatic carbocycles. The second-order valence-corrected chi connectivity index (χ2v) is 28.8. The first-order valence-electron chi connectivity index (χ1n) is 34.8. The van der Waals surface area contributed by atoms with E-state index in [0.29, 0.717) is 0 Å². The molecule has 2 aliphatic rings. The molecule has 0 fully saturated rings. The van der Waals surface area contributed by atoms with E-state index >= 15 is 0 Å². The minimum atomic E-state index is -0.301. The summed E-state index contributed by atoms with van der Waals surface area (Å²) >= 11 is 1.88. The van der Waals surface area contributed by atoms with E-state index < -0.39 is 0 Å². The minimum Gasteiger partial charge on any atom is -0.310 e. The van der Waals surface area contributed by atoms with Gasteiger partial charge in [0.1, 0.15) is 0 Å². The van der Waals surface area contributed by atoms with Crippen LogP contribution in [-0.2, 0) is 5.41 Å². The Labute approximate surface area is 588 Å². The fraction of sp³-hybridized carbons (Fsp3) is 0.0417. The zero-order chi connectivity index (χ0) is 66.6. The summed E-state index contributed by atoms with van der Waals surface area (Å²) in [6.45, 7) is 6.96. The van der Waals surface area contributed by atoms with Crippen molar-refractivity contribution in [2.24, 2.45) is 0 Å². The van der Waals surface area contributed by atoms with Gasteiger partial charge in [-0.25, -0.2) is 0 Å². The Morgan fingerprint density at radius 2 is 0.620 bits per heavy atom. The molecule has 470 valence electrons. The third kappa shape index (κ3) is 9.69. The maximum Gasteiger partial charge on any atom is 0.252 e. The molecule has 0 unspecified atom stereocenters. The molecular weight excluding hydrogens is 1220 g/mol. The first-order chi connectivity index (χ1) is 49.3. The van der Waals surface area contributed by atoms with Gasteiger partial charge in [0.25, 0.3) is 6.71 Å². The molecule has 0 bridgehead atoms. The molecule has 0 aliphatic carbocycles. The fourth-order valence-electron chi connectivity index (χ4n) is 16.4. The molecule has 4 heteroatoms. The summed E-state index contributed by atoms with van der Waals surface area (Å²) in [5.74, 6) is 0. The predicted molar refractivity (Wildman–Crippen MR) is 431 cm³/mol. The zero-order valence-corrected chi connectivity index (χ0v) is 56.7. The first-order valence-corrected chi connectivity index (χ1v) is 35.7. The molecule has 0 atom stereocenters. The number of rotatable bonds is 10. The van der Waals surface area contributed by atoms with Gasteiger partial charge in [0.2, 0.25) is 0 Å². The van der Waals surface area contributed by atoms with Crippen LogP contribution in [0.3, 0.4) is 0 Å². The lowest BCUT2D eigenvalue weighted by molar-refractivity contribution is 0.590. The van der Waals surface area contributed by atoms with E-state index in [0.717, 1.165) is 84.1 Å². The molecule has 0 saturated heterocycles. The van der Waals surface area contributed by atoms with Crippen molar-refractivity contribution < 1.29 is 0 Å². The highest BCUT2D eigenvalue weighted by atomic mass is 32.1. The molecule has 0 spiro atoms. The van der Waals surface area contributed by atoms with Gasteiger partial charge < -0.3 is 9.80 Å².